The molecule has 0 saturated carbocycles. The van der Waals surface area contributed by atoms with Gasteiger partial charge < -0.3 is 25.1 Å². The number of esters is 1. The summed E-state index contributed by atoms with van der Waals surface area (Å²) in [5.74, 6) is -1.45. The number of benzene rings is 1. The minimum atomic E-state index is -0.679. The Bertz CT molecular complexity index is 858. The van der Waals surface area contributed by atoms with Gasteiger partial charge >= 0.3 is 11.7 Å². The normalized spacial score (nSPS) is 10.2. The van der Waals surface area contributed by atoms with E-state index in [0.717, 1.165) is 0 Å². The van der Waals surface area contributed by atoms with Gasteiger partial charge in [0.2, 0.25) is 5.75 Å². The lowest BCUT2D eigenvalue weighted by molar-refractivity contribution is -0.385. The molecule has 1 heterocycles. The van der Waals surface area contributed by atoms with Crippen LogP contribution in [0.3, 0.4) is 0 Å². The van der Waals surface area contributed by atoms with Crippen LogP contribution in [0.4, 0.5) is 17.1 Å². The van der Waals surface area contributed by atoms with Gasteiger partial charge in [-0.25, -0.2) is 4.79 Å². The number of nitrogens with two attached hydrogens (primary N) is 1. The second-order valence-corrected chi connectivity index (χ2v) is 5.01. The molecule has 2 rings (SSSR count). The quantitative estimate of drug-likeness (QED) is 0.362. The smallest absolute Gasteiger partial charge is 0.337 e. The van der Waals surface area contributed by atoms with Gasteiger partial charge in [-0.3, -0.25) is 14.9 Å². The zero-order valence-corrected chi connectivity index (χ0v) is 13.7. The van der Waals surface area contributed by atoms with E-state index in [-0.39, 0.29) is 34.1 Å². The molecule has 0 spiro atoms. The lowest BCUT2D eigenvalue weighted by Crippen LogP contribution is -2.18. The van der Waals surface area contributed by atoms with Gasteiger partial charge in [0.15, 0.2) is 5.69 Å². The first kappa shape index (κ1) is 17.8. The van der Waals surface area contributed by atoms with E-state index < -0.39 is 16.8 Å². The number of carbonyl (C=O) groups excluding carboxylic acids is 2. The zero-order chi connectivity index (χ0) is 18.7. The SMILES string of the molecule is COC(=O)c1ccc(N)c(NC(=O)c2c(OC)c([N+](=O)[O-])cn2C)c1. The van der Waals surface area contributed by atoms with Gasteiger partial charge in [0.25, 0.3) is 5.91 Å². The van der Waals surface area contributed by atoms with Crippen molar-refractivity contribution in [2.75, 3.05) is 25.3 Å². The number of rotatable bonds is 5. The fourth-order valence-electron chi connectivity index (χ4n) is 2.27. The van der Waals surface area contributed by atoms with Gasteiger partial charge in [-0.05, 0) is 18.2 Å². The van der Waals surface area contributed by atoms with Crippen molar-refractivity contribution in [3.05, 3.63) is 45.8 Å². The van der Waals surface area contributed by atoms with Crippen LogP contribution in [-0.4, -0.2) is 35.6 Å². The number of hydrogen-bond acceptors (Lipinski definition) is 7. The molecule has 0 bridgehead atoms. The van der Waals surface area contributed by atoms with Crippen LogP contribution in [0.1, 0.15) is 20.8 Å². The first-order chi connectivity index (χ1) is 11.8. The Morgan fingerprint density at radius 2 is 2.00 bits per heavy atom. The molecule has 0 fully saturated rings. The molecule has 0 saturated heterocycles. The van der Waals surface area contributed by atoms with Crippen LogP contribution in [0, 0.1) is 10.1 Å². The molecule has 10 heteroatoms. The number of methoxy groups -OCH3 is 2. The van der Waals surface area contributed by atoms with E-state index in [4.69, 9.17) is 10.5 Å². The highest BCUT2D eigenvalue weighted by Crippen LogP contribution is 2.33. The number of nitrogens with zero attached hydrogens (tertiary/aromatic N) is 2. The van der Waals surface area contributed by atoms with Crippen molar-refractivity contribution < 1.29 is 24.0 Å². The van der Waals surface area contributed by atoms with Crippen LogP contribution in [0.15, 0.2) is 24.4 Å². The van der Waals surface area contributed by atoms with Crippen LogP contribution in [0.25, 0.3) is 0 Å². The lowest BCUT2D eigenvalue weighted by atomic mass is 10.1. The molecular formula is C15H16N4O6. The molecule has 1 amide bonds. The molecule has 0 atom stereocenters. The number of carbonyl (C=O) groups is 2. The number of aromatic nitrogens is 1. The third kappa shape index (κ3) is 3.37. The Morgan fingerprint density at radius 1 is 1.32 bits per heavy atom. The lowest BCUT2D eigenvalue weighted by Gasteiger charge is -2.11. The Balaban J connectivity index is 2.41. The summed E-state index contributed by atoms with van der Waals surface area (Å²) < 4.78 is 10.9. The third-order valence-corrected chi connectivity index (χ3v) is 3.45. The summed E-state index contributed by atoms with van der Waals surface area (Å²) in [7, 11) is 3.93. The molecule has 132 valence electrons. The highest BCUT2D eigenvalue weighted by Gasteiger charge is 2.28. The van der Waals surface area contributed by atoms with Crippen LogP contribution < -0.4 is 15.8 Å². The van der Waals surface area contributed by atoms with Crippen molar-refractivity contribution in [2.45, 2.75) is 0 Å². The van der Waals surface area contributed by atoms with Gasteiger partial charge in [-0.15, -0.1) is 0 Å². The van der Waals surface area contributed by atoms with E-state index in [1.807, 2.05) is 0 Å². The Morgan fingerprint density at radius 3 is 2.56 bits per heavy atom. The van der Waals surface area contributed by atoms with E-state index in [2.05, 4.69) is 10.1 Å². The average Bonchev–Trinajstić information content (AvgIpc) is 2.92. The van der Waals surface area contributed by atoms with E-state index >= 15 is 0 Å². The zero-order valence-electron chi connectivity index (χ0n) is 13.7. The summed E-state index contributed by atoms with van der Waals surface area (Å²) in [5, 5.41) is 13.6. The number of hydrogen-bond donors (Lipinski definition) is 2. The molecule has 0 radical (unpaired) electrons. The predicted octanol–water partition coefficient (Wildman–Crippen LogP) is 1.56. The third-order valence-electron chi connectivity index (χ3n) is 3.45. The number of amides is 1. The largest absolute Gasteiger partial charge is 0.489 e. The van der Waals surface area contributed by atoms with E-state index in [0.29, 0.717) is 0 Å². The number of nitro groups is 1. The molecule has 0 aliphatic heterocycles. The van der Waals surface area contributed by atoms with Gasteiger partial charge in [-0.1, -0.05) is 0 Å². The Hall–Kier alpha value is -3.56. The molecule has 25 heavy (non-hydrogen) atoms. The van der Waals surface area contributed by atoms with Gasteiger partial charge in [0.05, 0.1) is 42.3 Å². The van der Waals surface area contributed by atoms with Crippen LogP contribution in [-0.2, 0) is 11.8 Å². The number of anilines is 2. The van der Waals surface area contributed by atoms with Crippen molar-refractivity contribution in [3.63, 3.8) is 0 Å². The van der Waals surface area contributed by atoms with Crippen molar-refractivity contribution in [3.8, 4) is 5.75 Å². The summed E-state index contributed by atoms with van der Waals surface area (Å²) in [6.45, 7) is 0. The fourth-order valence-corrected chi connectivity index (χ4v) is 2.27. The van der Waals surface area contributed by atoms with Crippen LogP contribution in [0.5, 0.6) is 5.75 Å². The number of nitrogens with one attached hydrogen (secondary N) is 1. The second-order valence-electron chi connectivity index (χ2n) is 5.01. The van der Waals surface area contributed by atoms with Gasteiger partial charge in [-0.2, -0.15) is 0 Å². The molecule has 1 aromatic heterocycles. The Kier molecular flexibility index (Phi) is 4.92. The maximum Gasteiger partial charge on any atom is 0.337 e. The van der Waals surface area contributed by atoms with Crippen LogP contribution in [0.2, 0.25) is 0 Å². The summed E-state index contributed by atoms with van der Waals surface area (Å²) >= 11 is 0. The van der Waals surface area contributed by atoms with Gasteiger partial charge in [0.1, 0.15) is 0 Å². The van der Waals surface area contributed by atoms with Crippen molar-refractivity contribution in [2.24, 2.45) is 7.05 Å². The standard InChI is InChI=1S/C15H16N4O6/c1-18-7-11(19(22)23)13(24-2)12(18)14(20)17-10-6-8(15(21)25-3)4-5-9(10)16/h4-7H,16H2,1-3H3,(H,17,20). The average molecular weight is 348 g/mol. The van der Waals surface area contributed by atoms with Crippen molar-refractivity contribution in [1.29, 1.82) is 0 Å². The predicted molar refractivity (Wildman–Crippen MR) is 88.8 cm³/mol. The summed E-state index contributed by atoms with van der Waals surface area (Å²) in [6.07, 6.45) is 1.17. The molecule has 10 nitrogen and oxygen atoms in total. The maximum atomic E-state index is 12.5. The van der Waals surface area contributed by atoms with Crippen LogP contribution >= 0.6 is 0 Å². The molecule has 1 aromatic carbocycles. The first-order valence-corrected chi connectivity index (χ1v) is 6.97. The topological polar surface area (TPSA) is 139 Å². The molecular weight excluding hydrogens is 332 g/mol. The van der Waals surface area contributed by atoms with E-state index in [1.165, 1.54) is 50.2 Å². The molecule has 3 N–H and O–H groups in total. The Labute approximate surface area is 142 Å². The summed E-state index contributed by atoms with van der Waals surface area (Å²) in [4.78, 5) is 34.5. The monoisotopic (exact) mass is 348 g/mol. The van der Waals surface area contributed by atoms with E-state index in [9.17, 15) is 19.7 Å². The fraction of sp³-hybridized carbons (Fsp3) is 0.200. The number of nitrogen functional groups attached to an aromatic ring is 1. The van der Waals surface area contributed by atoms with E-state index in [1.54, 1.807) is 0 Å². The van der Waals surface area contributed by atoms with Crippen molar-refractivity contribution >= 4 is 28.9 Å². The number of aryl methyl sites for hydroxylation is 1. The summed E-state index contributed by atoms with van der Waals surface area (Å²) in [6, 6.07) is 4.24. The van der Waals surface area contributed by atoms with Gasteiger partial charge in [0, 0.05) is 7.05 Å². The minimum absolute atomic E-state index is 0.0583. The first-order valence-electron chi connectivity index (χ1n) is 6.97. The molecule has 0 aliphatic rings. The minimum Gasteiger partial charge on any atom is -0.489 e. The highest BCUT2D eigenvalue weighted by molar-refractivity contribution is 6.08. The second kappa shape index (κ2) is 6.91. The van der Waals surface area contributed by atoms with Crippen molar-refractivity contribution in [1.82, 2.24) is 4.57 Å². The molecule has 2 aromatic rings. The molecule has 0 aliphatic carbocycles. The summed E-state index contributed by atoms with van der Waals surface area (Å²) in [5.41, 5.74) is 5.98. The highest BCUT2D eigenvalue weighted by atomic mass is 16.6. The number of ether oxygens (including phenoxy) is 2. The maximum absolute atomic E-state index is 12.5. The molecule has 0 unspecified atom stereocenters.